The summed E-state index contributed by atoms with van der Waals surface area (Å²) in [5, 5.41) is 7.77. The molecular formula is C15H22N4. The Labute approximate surface area is 114 Å². The molecule has 0 fully saturated rings. The van der Waals surface area contributed by atoms with Crippen LogP contribution in [0.5, 0.6) is 0 Å². The van der Waals surface area contributed by atoms with Gasteiger partial charge in [0.05, 0.1) is 6.20 Å². The second-order valence-corrected chi connectivity index (χ2v) is 4.84. The molecule has 4 heteroatoms. The lowest BCUT2D eigenvalue weighted by Gasteiger charge is -2.16. The zero-order chi connectivity index (χ0) is 13.5. The topological polar surface area (TPSA) is 42.7 Å². The second kappa shape index (κ2) is 7.04. The summed E-state index contributed by atoms with van der Waals surface area (Å²) in [5.41, 5.74) is 2.45. The van der Waals surface area contributed by atoms with E-state index in [-0.39, 0.29) is 0 Å². The van der Waals surface area contributed by atoms with Crippen LogP contribution >= 0.6 is 0 Å². The Hall–Kier alpha value is -1.68. The molecule has 2 aromatic rings. The maximum absolute atomic E-state index is 4.38. The van der Waals surface area contributed by atoms with Gasteiger partial charge in [-0.2, -0.15) is 5.10 Å². The molecule has 19 heavy (non-hydrogen) atoms. The first kappa shape index (κ1) is 13.7. The van der Waals surface area contributed by atoms with E-state index >= 15 is 0 Å². The standard InChI is InChI=1S/C15H22N4/c1-3-16-15(10-13-11-18-19(2)12-13)8-7-14-6-4-5-9-17-14/h4-6,9,11-12,15-16H,3,7-8,10H2,1-2H3. The van der Waals surface area contributed by atoms with Crippen molar-refractivity contribution >= 4 is 0 Å². The van der Waals surface area contributed by atoms with Crippen LogP contribution in [0.25, 0.3) is 0 Å². The normalized spacial score (nSPS) is 12.5. The number of aromatic nitrogens is 3. The first-order chi connectivity index (χ1) is 9.28. The molecule has 4 nitrogen and oxygen atoms in total. The summed E-state index contributed by atoms with van der Waals surface area (Å²) in [6, 6.07) is 6.58. The lowest BCUT2D eigenvalue weighted by molar-refractivity contribution is 0.489. The summed E-state index contributed by atoms with van der Waals surface area (Å²) in [4.78, 5) is 4.38. The minimum atomic E-state index is 0.483. The molecule has 0 aliphatic carbocycles. The molecule has 0 radical (unpaired) electrons. The van der Waals surface area contributed by atoms with Crippen molar-refractivity contribution in [3.05, 3.63) is 48.0 Å². The summed E-state index contributed by atoms with van der Waals surface area (Å²) >= 11 is 0. The van der Waals surface area contributed by atoms with E-state index in [4.69, 9.17) is 0 Å². The van der Waals surface area contributed by atoms with Gasteiger partial charge in [0.25, 0.3) is 0 Å². The monoisotopic (exact) mass is 258 g/mol. The molecular weight excluding hydrogens is 236 g/mol. The average Bonchev–Trinajstić information content (AvgIpc) is 2.83. The predicted octanol–water partition coefficient (Wildman–Crippen LogP) is 1.97. The van der Waals surface area contributed by atoms with Gasteiger partial charge in [-0.1, -0.05) is 13.0 Å². The van der Waals surface area contributed by atoms with Crippen molar-refractivity contribution in [1.82, 2.24) is 20.1 Å². The molecule has 1 unspecified atom stereocenters. The van der Waals surface area contributed by atoms with Gasteiger partial charge in [0, 0.05) is 31.2 Å². The van der Waals surface area contributed by atoms with Crippen molar-refractivity contribution in [2.75, 3.05) is 6.54 Å². The molecule has 0 aromatic carbocycles. The van der Waals surface area contributed by atoms with Crippen molar-refractivity contribution in [2.24, 2.45) is 7.05 Å². The number of nitrogens with zero attached hydrogens (tertiary/aromatic N) is 3. The quantitative estimate of drug-likeness (QED) is 0.825. The fourth-order valence-corrected chi connectivity index (χ4v) is 2.29. The Morgan fingerprint density at radius 3 is 2.89 bits per heavy atom. The molecule has 0 amide bonds. The van der Waals surface area contributed by atoms with Crippen LogP contribution in [0.1, 0.15) is 24.6 Å². The van der Waals surface area contributed by atoms with E-state index in [1.54, 1.807) is 0 Å². The van der Waals surface area contributed by atoms with E-state index in [2.05, 4.69) is 34.6 Å². The van der Waals surface area contributed by atoms with Crippen molar-refractivity contribution in [1.29, 1.82) is 0 Å². The lowest BCUT2D eigenvalue weighted by Crippen LogP contribution is -2.31. The molecule has 0 aliphatic heterocycles. The van der Waals surface area contributed by atoms with Gasteiger partial charge >= 0.3 is 0 Å². The molecule has 1 N–H and O–H groups in total. The minimum Gasteiger partial charge on any atom is -0.314 e. The molecule has 2 heterocycles. The van der Waals surface area contributed by atoms with Crippen LogP contribution in [0.4, 0.5) is 0 Å². The van der Waals surface area contributed by atoms with Gasteiger partial charge in [0.1, 0.15) is 0 Å². The number of hydrogen-bond donors (Lipinski definition) is 1. The summed E-state index contributed by atoms with van der Waals surface area (Å²) in [7, 11) is 1.96. The molecule has 0 saturated heterocycles. The molecule has 102 valence electrons. The zero-order valence-corrected chi connectivity index (χ0v) is 11.7. The van der Waals surface area contributed by atoms with E-state index < -0.39 is 0 Å². The van der Waals surface area contributed by atoms with E-state index in [9.17, 15) is 0 Å². The minimum absolute atomic E-state index is 0.483. The number of pyridine rings is 1. The molecule has 0 aliphatic rings. The molecule has 2 aromatic heterocycles. The third-order valence-corrected chi connectivity index (χ3v) is 3.21. The Morgan fingerprint density at radius 1 is 1.37 bits per heavy atom. The van der Waals surface area contributed by atoms with Crippen molar-refractivity contribution < 1.29 is 0 Å². The SMILES string of the molecule is CCNC(CCc1ccccn1)Cc1cnn(C)c1. The van der Waals surface area contributed by atoms with Crippen LogP contribution in [0.15, 0.2) is 36.8 Å². The average molecular weight is 258 g/mol. The number of aryl methyl sites for hydroxylation is 2. The first-order valence-electron chi connectivity index (χ1n) is 6.88. The summed E-state index contributed by atoms with van der Waals surface area (Å²) < 4.78 is 1.86. The molecule has 0 spiro atoms. The zero-order valence-electron chi connectivity index (χ0n) is 11.7. The number of rotatable bonds is 7. The van der Waals surface area contributed by atoms with Crippen LogP contribution in [-0.2, 0) is 19.9 Å². The third-order valence-electron chi connectivity index (χ3n) is 3.21. The Bertz CT molecular complexity index is 478. The summed E-state index contributed by atoms with van der Waals surface area (Å²) in [5.74, 6) is 0. The first-order valence-corrected chi connectivity index (χ1v) is 6.88. The Morgan fingerprint density at radius 2 is 2.26 bits per heavy atom. The molecule has 0 saturated carbocycles. The lowest BCUT2D eigenvalue weighted by atomic mass is 10.0. The summed E-state index contributed by atoms with van der Waals surface area (Å²) in [6.07, 6.45) is 9.03. The van der Waals surface area contributed by atoms with Crippen molar-refractivity contribution in [2.45, 2.75) is 32.2 Å². The van der Waals surface area contributed by atoms with Gasteiger partial charge in [0.2, 0.25) is 0 Å². The Kier molecular flexibility index (Phi) is 5.10. The van der Waals surface area contributed by atoms with Gasteiger partial charge < -0.3 is 5.32 Å². The molecule has 1 atom stereocenters. The van der Waals surface area contributed by atoms with E-state index in [1.807, 2.05) is 36.3 Å². The van der Waals surface area contributed by atoms with Crippen LogP contribution in [0.3, 0.4) is 0 Å². The van der Waals surface area contributed by atoms with Crippen LogP contribution in [0, 0.1) is 0 Å². The van der Waals surface area contributed by atoms with Gasteiger partial charge in [-0.15, -0.1) is 0 Å². The molecule has 2 rings (SSSR count). The van der Waals surface area contributed by atoms with E-state index in [0.717, 1.165) is 31.5 Å². The van der Waals surface area contributed by atoms with E-state index in [1.165, 1.54) is 5.56 Å². The largest absolute Gasteiger partial charge is 0.314 e. The number of hydrogen-bond acceptors (Lipinski definition) is 3. The maximum Gasteiger partial charge on any atom is 0.0522 e. The van der Waals surface area contributed by atoms with Gasteiger partial charge in [0.15, 0.2) is 0 Å². The third kappa shape index (κ3) is 4.48. The summed E-state index contributed by atoms with van der Waals surface area (Å²) in [6.45, 7) is 3.14. The Balaban J connectivity index is 1.89. The predicted molar refractivity (Wildman–Crippen MR) is 76.9 cm³/mol. The van der Waals surface area contributed by atoms with Crippen molar-refractivity contribution in [3.63, 3.8) is 0 Å². The number of nitrogens with one attached hydrogen (secondary N) is 1. The van der Waals surface area contributed by atoms with Crippen LogP contribution in [-0.4, -0.2) is 27.4 Å². The number of likely N-dealkylation sites (N-methyl/N-ethyl adjacent to an activating group) is 1. The highest BCUT2D eigenvalue weighted by molar-refractivity contribution is 5.07. The van der Waals surface area contributed by atoms with Crippen LogP contribution < -0.4 is 5.32 Å². The van der Waals surface area contributed by atoms with Crippen molar-refractivity contribution in [3.8, 4) is 0 Å². The van der Waals surface area contributed by atoms with E-state index in [0.29, 0.717) is 6.04 Å². The smallest absolute Gasteiger partial charge is 0.0522 e. The fourth-order valence-electron chi connectivity index (χ4n) is 2.29. The maximum atomic E-state index is 4.38. The fraction of sp³-hybridized carbons (Fsp3) is 0.467. The second-order valence-electron chi connectivity index (χ2n) is 4.84. The highest BCUT2D eigenvalue weighted by atomic mass is 15.2. The van der Waals surface area contributed by atoms with Gasteiger partial charge in [-0.3, -0.25) is 9.67 Å². The van der Waals surface area contributed by atoms with Gasteiger partial charge in [-0.25, -0.2) is 0 Å². The highest BCUT2D eigenvalue weighted by Gasteiger charge is 2.10. The van der Waals surface area contributed by atoms with Gasteiger partial charge in [-0.05, 0) is 43.5 Å². The highest BCUT2D eigenvalue weighted by Crippen LogP contribution is 2.08. The molecule has 0 bridgehead atoms. The van der Waals surface area contributed by atoms with Crippen LogP contribution in [0.2, 0.25) is 0 Å².